The van der Waals surface area contributed by atoms with E-state index < -0.39 is 10.0 Å². The number of benzene rings is 1. The molecule has 1 aromatic carbocycles. The van der Waals surface area contributed by atoms with Crippen LogP contribution >= 0.6 is 0 Å². The van der Waals surface area contributed by atoms with Gasteiger partial charge in [-0.2, -0.15) is 0 Å². The van der Waals surface area contributed by atoms with Crippen LogP contribution in [0.3, 0.4) is 0 Å². The van der Waals surface area contributed by atoms with Gasteiger partial charge in [0.25, 0.3) is 0 Å². The highest BCUT2D eigenvalue weighted by Gasteiger charge is 2.12. The van der Waals surface area contributed by atoms with Gasteiger partial charge in [-0.25, -0.2) is 8.42 Å². The number of anilines is 2. The van der Waals surface area contributed by atoms with E-state index >= 15 is 0 Å². The predicted octanol–water partition coefficient (Wildman–Crippen LogP) is 1.96. The van der Waals surface area contributed by atoms with Crippen LogP contribution in [-0.2, 0) is 16.4 Å². The van der Waals surface area contributed by atoms with Crippen LogP contribution in [0, 0.1) is 6.92 Å². The van der Waals surface area contributed by atoms with Gasteiger partial charge in [-0.05, 0) is 36.8 Å². The Balaban J connectivity index is 2.06. The first-order valence-electron chi connectivity index (χ1n) is 6.23. The van der Waals surface area contributed by atoms with Crippen LogP contribution in [0.4, 0.5) is 11.4 Å². The van der Waals surface area contributed by atoms with Gasteiger partial charge in [0.2, 0.25) is 10.0 Å². The number of aryl methyl sites for hydroxylation is 2. The van der Waals surface area contributed by atoms with Crippen molar-refractivity contribution in [3.63, 3.8) is 0 Å². The number of aromatic nitrogens is 1. The second-order valence-corrected chi connectivity index (χ2v) is 6.41. The number of nitrogen functional groups attached to an aromatic ring is 1. The lowest BCUT2D eigenvalue weighted by Crippen LogP contribution is -2.19. The first kappa shape index (κ1) is 14.3. The number of hydrogen-bond donors (Lipinski definition) is 2. The minimum atomic E-state index is -3.42. The highest BCUT2D eigenvalue weighted by molar-refractivity contribution is 7.92. The minimum Gasteiger partial charge on any atom is -0.399 e. The van der Waals surface area contributed by atoms with E-state index in [-0.39, 0.29) is 5.75 Å². The fraction of sp³-hybridized carbons (Fsp3) is 0.214. The molecule has 6 heteroatoms. The van der Waals surface area contributed by atoms with Crippen molar-refractivity contribution in [1.29, 1.82) is 0 Å². The standard InChI is InChI=1S/C14H17N3O2S/c1-11-5-6-12(15)10-14(11)17-20(18,19)9-7-13-4-2-3-8-16-13/h2-6,8,10,17H,7,9,15H2,1H3. The van der Waals surface area contributed by atoms with Crippen molar-refractivity contribution in [2.75, 3.05) is 16.2 Å². The third-order valence-electron chi connectivity index (χ3n) is 2.88. The Morgan fingerprint density at radius 2 is 2.05 bits per heavy atom. The molecule has 106 valence electrons. The summed E-state index contributed by atoms with van der Waals surface area (Å²) in [6.07, 6.45) is 2.02. The maximum atomic E-state index is 12.1. The second-order valence-electron chi connectivity index (χ2n) is 4.57. The number of sulfonamides is 1. The quantitative estimate of drug-likeness (QED) is 0.825. The van der Waals surface area contributed by atoms with E-state index in [1.165, 1.54) is 0 Å². The lowest BCUT2D eigenvalue weighted by Gasteiger charge is -2.11. The number of hydrogen-bond acceptors (Lipinski definition) is 4. The van der Waals surface area contributed by atoms with Crippen molar-refractivity contribution in [3.8, 4) is 0 Å². The van der Waals surface area contributed by atoms with E-state index in [1.54, 1.807) is 36.5 Å². The summed E-state index contributed by atoms with van der Waals surface area (Å²) in [5.74, 6) is -0.0156. The summed E-state index contributed by atoms with van der Waals surface area (Å²) >= 11 is 0. The fourth-order valence-corrected chi connectivity index (χ4v) is 2.89. The molecule has 0 fully saturated rings. The molecule has 2 rings (SSSR count). The molecule has 0 amide bonds. The van der Waals surface area contributed by atoms with Gasteiger partial charge in [-0.15, -0.1) is 0 Å². The van der Waals surface area contributed by atoms with Crippen LogP contribution in [-0.4, -0.2) is 19.2 Å². The molecule has 0 saturated heterocycles. The van der Waals surface area contributed by atoms with E-state index in [0.29, 0.717) is 17.8 Å². The van der Waals surface area contributed by atoms with E-state index in [0.717, 1.165) is 11.3 Å². The molecule has 1 heterocycles. The highest BCUT2D eigenvalue weighted by atomic mass is 32.2. The molecule has 2 aromatic rings. The number of pyridine rings is 1. The van der Waals surface area contributed by atoms with Gasteiger partial charge in [0.1, 0.15) is 0 Å². The van der Waals surface area contributed by atoms with Gasteiger partial charge in [0, 0.05) is 24.0 Å². The van der Waals surface area contributed by atoms with Crippen molar-refractivity contribution in [3.05, 3.63) is 53.9 Å². The molecule has 1 aromatic heterocycles. The highest BCUT2D eigenvalue weighted by Crippen LogP contribution is 2.19. The van der Waals surface area contributed by atoms with Gasteiger partial charge in [-0.1, -0.05) is 12.1 Å². The van der Waals surface area contributed by atoms with Gasteiger partial charge in [-0.3, -0.25) is 9.71 Å². The van der Waals surface area contributed by atoms with Crippen LogP contribution in [0.5, 0.6) is 0 Å². The predicted molar refractivity (Wildman–Crippen MR) is 80.9 cm³/mol. The first-order valence-corrected chi connectivity index (χ1v) is 7.88. The number of nitrogens with zero attached hydrogens (tertiary/aromatic N) is 1. The van der Waals surface area contributed by atoms with Crippen LogP contribution in [0.15, 0.2) is 42.6 Å². The van der Waals surface area contributed by atoms with Crippen molar-refractivity contribution >= 4 is 21.4 Å². The molecule has 0 aliphatic rings. The molecule has 0 saturated carbocycles. The van der Waals surface area contributed by atoms with Gasteiger partial charge in [0.05, 0.1) is 11.4 Å². The number of nitrogens with one attached hydrogen (secondary N) is 1. The summed E-state index contributed by atoms with van der Waals surface area (Å²) < 4.78 is 26.7. The summed E-state index contributed by atoms with van der Waals surface area (Å²) in [6, 6.07) is 10.6. The summed E-state index contributed by atoms with van der Waals surface area (Å²) in [5, 5.41) is 0. The Morgan fingerprint density at radius 3 is 2.75 bits per heavy atom. The lowest BCUT2D eigenvalue weighted by atomic mass is 10.2. The maximum absolute atomic E-state index is 12.1. The van der Waals surface area contributed by atoms with E-state index in [4.69, 9.17) is 5.73 Å². The van der Waals surface area contributed by atoms with Gasteiger partial charge in [0.15, 0.2) is 0 Å². The minimum absolute atomic E-state index is 0.0156. The van der Waals surface area contributed by atoms with Gasteiger partial charge < -0.3 is 5.73 Å². The molecule has 0 unspecified atom stereocenters. The molecule has 0 aliphatic carbocycles. The van der Waals surface area contributed by atoms with E-state index in [9.17, 15) is 8.42 Å². The molecule has 0 atom stereocenters. The zero-order valence-electron chi connectivity index (χ0n) is 11.2. The molecule has 0 bridgehead atoms. The Bertz CT molecular complexity index is 685. The van der Waals surface area contributed by atoms with Crippen molar-refractivity contribution in [2.45, 2.75) is 13.3 Å². The Hall–Kier alpha value is -2.08. The molecular formula is C14H17N3O2S. The number of nitrogens with two attached hydrogens (primary N) is 1. The summed E-state index contributed by atoms with van der Waals surface area (Å²) in [7, 11) is -3.42. The largest absolute Gasteiger partial charge is 0.399 e. The fourth-order valence-electron chi connectivity index (χ4n) is 1.75. The Kier molecular flexibility index (Phi) is 4.24. The molecule has 0 aliphatic heterocycles. The third kappa shape index (κ3) is 3.96. The zero-order valence-corrected chi connectivity index (χ0v) is 12.0. The molecular weight excluding hydrogens is 274 g/mol. The average Bonchev–Trinajstić information content (AvgIpc) is 2.42. The lowest BCUT2D eigenvalue weighted by molar-refractivity contribution is 0.600. The molecule has 3 N–H and O–H groups in total. The van der Waals surface area contributed by atoms with E-state index in [1.807, 2.05) is 13.0 Å². The zero-order chi connectivity index (χ0) is 14.6. The molecule has 0 radical (unpaired) electrons. The second kappa shape index (κ2) is 5.92. The monoisotopic (exact) mass is 291 g/mol. The number of rotatable bonds is 5. The summed E-state index contributed by atoms with van der Waals surface area (Å²) in [6.45, 7) is 1.83. The first-order chi connectivity index (χ1) is 9.46. The Morgan fingerprint density at radius 1 is 1.25 bits per heavy atom. The van der Waals surface area contributed by atoms with E-state index in [2.05, 4.69) is 9.71 Å². The average molecular weight is 291 g/mol. The van der Waals surface area contributed by atoms with Crippen molar-refractivity contribution in [2.24, 2.45) is 0 Å². The summed E-state index contributed by atoms with van der Waals surface area (Å²) in [5.41, 5.74) is 8.30. The van der Waals surface area contributed by atoms with Crippen LogP contribution in [0.1, 0.15) is 11.3 Å². The third-order valence-corrected chi connectivity index (χ3v) is 4.15. The maximum Gasteiger partial charge on any atom is 0.233 e. The smallest absolute Gasteiger partial charge is 0.233 e. The van der Waals surface area contributed by atoms with Crippen LogP contribution in [0.25, 0.3) is 0 Å². The van der Waals surface area contributed by atoms with Crippen molar-refractivity contribution in [1.82, 2.24) is 4.98 Å². The van der Waals surface area contributed by atoms with Crippen LogP contribution < -0.4 is 10.5 Å². The van der Waals surface area contributed by atoms with Crippen LogP contribution in [0.2, 0.25) is 0 Å². The molecule has 0 spiro atoms. The Labute approximate surface area is 118 Å². The van der Waals surface area contributed by atoms with Gasteiger partial charge >= 0.3 is 0 Å². The van der Waals surface area contributed by atoms with Crippen molar-refractivity contribution < 1.29 is 8.42 Å². The SMILES string of the molecule is Cc1ccc(N)cc1NS(=O)(=O)CCc1ccccn1. The normalized spacial score (nSPS) is 11.2. The molecule has 20 heavy (non-hydrogen) atoms. The summed E-state index contributed by atoms with van der Waals surface area (Å²) in [4.78, 5) is 4.11. The molecule has 5 nitrogen and oxygen atoms in total. The topological polar surface area (TPSA) is 85.1 Å².